The van der Waals surface area contributed by atoms with Gasteiger partial charge in [0.25, 0.3) is 0 Å². The zero-order chi connectivity index (χ0) is 14.0. The predicted molar refractivity (Wildman–Crippen MR) is 73.7 cm³/mol. The van der Waals surface area contributed by atoms with Gasteiger partial charge in [-0.2, -0.15) is 10.4 Å². The number of hydrogen-bond acceptors (Lipinski definition) is 4. The van der Waals surface area contributed by atoms with E-state index in [1.165, 1.54) is 0 Å². The van der Waals surface area contributed by atoms with Crippen molar-refractivity contribution in [2.24, 2.45) is 7.05 Å². The van der Waals surface area contributed by atoms with Gasteiger partial charge in [-0.3, -0.25) is 9.67 Å². The fraction of sp³-hybridized carbons (Fsp3) is 0.357. The van der Waals surface area contributed by atoms with E-state index in [9.17, 15) is 5.26 Å². The summed E-state index contributed by atoms with van der Waals surface area (Å²) >= 11 is 0. The molecule has 0 atom stereocenters. The van der Waals surface area contributed by atoms with Gasteiger partial charge in [0.2, 0.25) is 0 Å². The molecular weight excluding hydrogens is 238 g/mol. The number of anilines is 1. The Labute approximate surface area is 113 Å². The maximum atomic E-state index is 9.23. The fourth-order valence-corrected chi connectivity index (χ4v) is 2.22. The van der Waals surface area contributed by atoms with Crippen LogP contribution in [0.3, 0.4) is 0 Å². The third kappa shape index (κ3) is 2.58. The molecule has 0 radical (unpaired) electrons. The van der Waals surface area contributed by atoms with Gasteiger partial charge in [-0.15, -0.1) is 0 Å². The first-order chi connectivity index (χ1) is 9.02. The summed E-state index contributed by atoms with van der Waals surface area (Å²) in [6, 6.07) is 8.16. The van der Waals surface area contributed by atoms with E-state index < -0.39 is 0 Å². The van der Waals surface area contributed by atoms with Crippen LogP contribution in [0.2, 0.25) is 0 Å². The van der Waals surface area contributed by atoms with Crippen molar-refractivity contribution in [3.8, 4) is 6.07 Å². The monoisotopic (exact) mass is 255 g/mol. The average Bonchev–Trinajstić information content (AvgIpc) is 2.63. The molecule has 0 amide bonds. The van der Waals surface area contributed by atoms with Gasteiger partial charge < -0.3 is 4.90 Å². The molecule has 0 aromatic carbocycles. The van der Waals surface area contributed by atoms with Gasteiger partial charge in [0.15, 0.2) is 0 Å². The normalized spacial score (nSPS) is 10.3. The highest BCUT2D eigenvalue weighted by Crippen LogP contribution is 2.22. The minimum Gasteiger partial charge on any atom is -0.353 e. The Morgan fingerprint density at radius 3 is 2.74 bits per heavy atom. The molecular formula is C14H17N5. The van der Waals surface area contributed by atoms with Crippen molar-refractivity contribution in [2.45, 2.75) is 20.4 Å². The van der Waals surface area contributed by atoms with Gasteiger partial charge in [-0.25, -0.2) is 0 Å². The zero-order valence-electron chi connectivity index (χ0n) is 11.7. The Morgan fingerprint density at radius 2 is 2.11 bits per heavy atom. The SMILES string of the molecule is Cc1cccc(CN(C)c2c(C#N)c(C)nn2C)n1. The van der Waals surface area contributed by atoms with E-state index in [4.69, 9.17) is 0 Å². The molecule has 2 heterocycles. The van der Waals surface area contributed by atoms with Gasteiger partial charge in [-0.05, 0) is 26.0 Å². The molecule has 0 spiro atoms. The number of rotatable bonds is 3. The molecule has 0 bridgehead atoms. The highest BCUT2D eigenvalue weighted by Gasteiger charge is 2.17. The van der Waals surface area contributed by atoms with E-state index in [-0.39, 0.29) is 0 Å². The Bertz CT molecular complexity index is 636. The molecule has 5 nitrogen and oxygen atoms in total. The van der Waals surface area contributed by atoms with E-state index >= 15 is 0 Å². The highest BCUT2D eigenvalue weighted by molar-refractivity contribution is 5.56. The minimum absolute atomic E-state index is 0.623. The van der Waals surface area contributed by atoms with Crippen LogP contribution in [0.15, 0.2) is 18.2 Å². The fourth-order valence-electron chi connectivity index (χ4n) is 2.22. The summed E-state index contributed by atoms with van der Waals surface area (Å²) in [5, 5.41) is 13.5. The Morgan fingerprint density at radius 1 is 1.37 bits per heavy atom. The first-order valence-corrected chi connectivity index (χ1v) is 6.10. The maximum Gasteiger partial charge on any atom is 0.145 e. The van der Waals surface area contributed by atoms with Crippen molar-refractivity contribution >= 4 is 5.82 Å². The van der Waals surface area contributed by atoms with Crippen LogP contribution in [0.5, 0.6) is 0 Å². The number of aryl methyl sites for hydroxylation is 3. The molecule has 0 saturated heterocycles. The summed E-state index contributed by atoms with van der Waals surface area (Å²) in [6.07, 6.45) is 0. The van der Waals surface area contributed by atoms with E-state index in [1.807, 2.05) is 51.0 Å². The summed E-state index contributed by atoms with van der Waals surface area (Å²) < 4.78 is 1.74. The lowest BCUT2D eigenvalue weighted by Crippen LogP contribution is -2.21. The van der Waals surface area contributed by atoms with E-state index in [0.717, 1.165) is 22.9 Å². The Balaban J connectivity index is 2.31. The van der Waals surface area contributed by atoms with Crippen LogP contribution in [0.25, 0.3) is 0 Å². The van der Waals surface area contributed by atoms with Gasteiger partial charge in [0, 0.05) is 19.8 Å². The summed E-state index contributed by atoms with van der Waals surface area (Å²) in [5.41, 5.74) is 3.35. The molecule has 98 valence electrons. The van der Waals surface area contributed by atoms with Crippen molar-refractivity contribution in [2.75, 3.05) is 11.9 Å². The summed E-state index contributed by atoms with van der Waals surface area (Å²) in [4.78, 5) is 6.48. The lowest BCUT2D eigenvalue weighted by molar-refractivity contribution is 0.722. The molecule has 0 fully saturated rings. The molecule has 2 aromatic heterocycles. The third-order valence-corrected chi connectivity index (χ3v) is 3.01. The second-order valence-corrected chi connectivity index (χ2v) is 4.65. The quantitative estimate of drug-likeness (QED) is 0.841. The second-order valence-electron chi connectivity index (χ2n) is 4.65. The Kier molecular flexibility index (Phi) is 3.52. The van der Waals surface area contributed by atoms with Gasteiger partial charge in [0.1, 0.15) is 17.5 Å². The molecule has 0 aliphatic carbocycles. The summed E-state index contributed by atoms with van der Waals surface area (Å²) in [7, 11) is 3.80. The molecule has 0 aliphatic heterocycles. The maximum absolute atomic E-state index is 9.23. The molecule has 0 saturated carbocycles. The lowest BCUT2D eigenvalue weighted by Gasteiger charge is -2.19. The molecule has 2 aromatic rings. The van der Waals surface area contributed by atoms with Crippen LogP contribution >= 0.6 is 0 Å². The first kappa shape index (κ1) is 13.1. The third-order valence-electron chi connectivity index (χ3n) is 3.01. The van der Waals surface area contributed by atoms with E-state index in [2.05, 4.69) is 16.2 Å². The average molecular weight is 255 g/mol. The number of nitriles is 1. The summed E-state index contributed by atoms with van der Waals surface area (Å²) in [6.45, 7) is 4.47. The zero-order valence-corrected chi connectivity index (χ0v) is 11.7. The van der Waals surface area contributed by atoms with Crippen LogP contribution in [0.4, 0.5) is 5.82 Å². The van der Waals surface area contributed by atoms with Crippen LogP contribution in [0.1, 0.15) is 22.6 Å². The van der Waals surface area contributed by atoms with Crippen molar-refractivity contribution < 1.29 is 0 Å². The summed E-state index contributed by atoms with van der Waals surface area (Å²) in [5.74, 6) is 0.823. The van der Waals surface area contributed by atoms with Gasteiger partial charge in [-0.1, -0.05) is 6.07 Å². The molecule has 5 heteroatoms. The number of pyridine rings is 1. The van der Waals surface area contributed by atoms with E-state index in [0.29, 0.717) is 12.1 Å². The second kappa shape index (κ2) is 5.11. The minimum atomic E-state index is 0.623. The van der Waals surface area contributed by atoms with Crippen molar-refractivity contribution in [3.63, 3.8) is 0 Å². The van der Waals surface area contributed by atoms with Crippen molar-refractivity contribution in [1.29, 1.82) is 5.26 Å². The Hall–Kier alpha value is -2.35. The lowest BCUT2D eigenvalue weighted by atomic mass is 10.2. The number of hydrogen-bond donors (Lipinski definition) is 0. The van der Waals surface area contributed by atoms with Crippen LogP contribution in [-0.4, -0.2) is 21.8 Å². The van der Waals surface area contributed by atoms with Gasteiger partial charge >= 0.3 is 0 Å². The standard InChI is InChI=1S/C14H17N5/c1-10-6-5-7-12(16-10)9-18(3)14-13(8-15)11(2)17-19(14)4/h5-7H,9H2,1-4H3. The number of nitrogens with zero attached hydrogens (tertiary/aromatic N) is 5. The van der Waals surface area contributed by atoms with Crippen molar-refractivity contribution in [1.82, 2.24) is 14.8 Å². The molecule has 0 N–H and O–H groups in total. The van der Waals surface area contributed by atoms with Crippen LogP contribution in [-0.2, 0) is 13.6 Å². The molecule has 0 unspecified atom stereocenters. The van der Waals surface area contributed by atoms with E-state index in [1.54, 1.807) is 4.68 Å². The van der Waals surface area contributed by atoms with Crippen LogP contribution < -0.4 is 4.90 Å². The predicted octanol–water partition coefficient (Wildman–Crippen LogP) is 1.94. The highest BCUT2D eigenvalue weighted by atomic mass is 15.4. The molecule has 2 rings (SSSR count). The van der Waals surface area contributed by atoms with Gasteiger partial charge in [0.05, 0.1) is 17.9 Å². The largest absolute Gasteiger partial charge is 0.353 e. The molecule has 0 aliphatic rings. The first-order valence-electron chi connectivity index (χ1n) is 6.10. The topological polar surface area (TPSA) is 57.7 Å². The van der Waals surface area contributed by atoms with Crippen LogP contribution in [0, 0.1) is 25.2 Å². The smallest absolute Gasteiger partial charge is 0.145 e. The van der Waals surface area contributed by atoms with Crippen molar-refractivity contribution in [3.05, 3.63) is 40.8 Å². The number of aromatic nitrogens is 3. The molecule has 19 heavy (non-hydrogen) atoms.